The van der Waals surface area contributed by atoms with E-state index in [2.05, 4.69) is 6.07 Å². The molecule has 1 aromatic rings. The molecule has 3 aliphatic heterocycles. The molecule has 0 spiro atoms. The van der Waals surface area contributed by atoms with Crippen LogP contribution in [0.25, 0.3) is 0 Å². The van der Waals surface area contributed by atoms with Crippen molar-refractivity contribution in [3.05, 3.63) is 35.4 Å². The average Bonchev–Trinajstić information content (AvgIpc) is 3.15. The number of hydrogen-bond donors (Lipinski definition) is 1. The first-order valence-electron chi connectivity index (χ1n) is 12.1. The van der Waals surface area contributed by atoms with Crippen LogP contribution in [0.4, 0.5) is 0 Å². The first kappa shape index (κ1) is 22.8. The summed E-state index contributed by atoms with van der Waals surface area (Å²) in [6.45, 7) is 3.04. The number of rotatable bonds is 6. The highest BCUT2D eigenvalue weighted by molar-refractivity contribution is 5.94. The average molecular weight is 465 g/mol. The zero-order valence-electron chi connectivity index (χ0n) is 19.9. The molecule has 9 nitrogen and oxygen atoms in total. The molecular weight excluding hydrogens is 432 g/mol. The minimum Gasteiger partial charge on any atom is -0.345 e. The second-order valence-electron chi connectivity index (χ2n) is 10.4. The molecule has 3 saturated heterocycles. The van der Waals surface area contributed by atoms with E-state index in [9.17, 15) is 19.6 Å². The number of piperidine rings is 1. The van der Waals surface area contributed by atoms with Gasteiger partial charge >= 0.3 is 0 Å². The van der Waals surface area contributed by atoms with Gasteiger partial charge in [-0.2, -0.15) is 5.26 Å². The topological polar surface area (TPSA) is 114 Å². The first-order chi connectivity index (χ1) is 16.2. The van der Waals surface area contributed by atoms with Crippen molar-refractivity contribution in [3.8, 4) is 6.07 Å². The lowest BCUT2D eigenvalue weighted by Crippen LogP contribution is -2.57. The van der Waals surface area contributed by atoms with E-state index in [0.29, 0.717) is 24.6 Å². The van der Waals surface area contributed by atoms with E-state index >= 15 is 0 Å². The summed E-state index contributed by atoms with van der Waals surface area (Å²) in [5.74, 6) is 0.305. The Morgan fingerprint density at radius 2 is 1.91 bits per heavy atom. The van der Waals surface area contributed by atoms with Crippen LogP contribution in [0.15, 0.2) is 24.3 Å². The third-order valence-corrected chi connectivity index (χ3v) is 8.03. The molecule has 34 heavy (non-hydrogen) atoms. The normalized spacial score (nSPS) is 31.3. The van der Waals surface area contributed by atoms with Crippen molar-refractivity contribution in [1.29, 1.82) is 5.26 Å². The van der Waals surface area contributed by atoms with Crippen LogP contribution in [-0.2, 0) is 9.59 Å². The Hall–Kier alpha value is -2.96. The number of hydrogen-bond acceptors (Lipinski definition) is 6. The summed E-state index contributed by atoms with van der Waals surface area (Å²) in [5.41, 5.74) is 7.91. The van der Waals surface area contributed by atoms with Gasteiger partial charge in [0.15, 0.2) is 0 Å². The number of carbonyl (C=O) groups is 3. The Balaban J connectivity index is 1.21. The molecule has 2 bridgehead atoms. The van der Waals surface area contributed by atoms with Gasteiger partial charge < -0.3 is 20.4 Å². The Morgan fingerprint density at radius 1 is 1.21 bits per heavy atom. The van der Waals surface area contributed by atoms with Crippen LogP contribution in [0.2, 0.25) is 0 Å². The number of fused-ring (bicyclic) bond motifs is 3. The van der Waals surface area contributed by atoms with E-state index in [1.54, 1.807) is 36.0 Å². The molecule has 1 aromatic carbocycles. The Labute approximate surface area is 200 Å². The molecule has 4 aliphatic rings. The van der Waals surface area contributed by atoms with E-state index in [0.717, 1.165) is 24.8 Å². The molecule has 5 rings (SSSR count). The van der Waals surface area contributed by atoms with Crippen LogP contribution in [0, 0.1) is 17.2 Å². The molecule has 9 heteroatoms. The molecule has 1 aliphatic carbocycles. The zero-order valence-corrected chi connectivity index (χ0v) is 19.9. The lowest BCUT2D eigenvalue weighted by atomic mass is 10.0. The lowest BCUT2D eigenvalue weighted by Gasteiger charge is -2.38. The maximum atomic E-state index is 13.3. The summed E-state index contributed by atoms with van der Waals surface area (Å²) in [6, 6.07) is 8.48. The van der Waals surface area contributed by atoms with Gasteiger partial charge in [-0.1, -0.05) is 12.1 Å². The van der Waals surface area contributed by atoms with Crippen molar-refractivity contribution in [3.63, 3.8) is 0 Å². The lowest BCUT2D eigenvalue weighted by molar-refractivity contribution is -0.141. The Kier molecular flexibility index (Phi) is 5.61. The van der Waals surface area contributed by atoms with Crippen LogP contribution < -0.4 is 5.73 Å². The van der Waals surface area contributed by atoms with Crippen LogP contribution in [0.5, 0.6) is 0 Å². The largest absolute Gasteiger partial charge is 0.345 e. The smallest absolute Gasteiger partial charge is 0.253 e. The number of benzene rings is 1. The van der Waals surface area contributed by atoms with Crippen molar-refractivity contribution in [2.45, 2.75) is 62.4 Å². The molecular formula is C25H32N6O3. The molecule has 3 heterocycles. The Bertz CT molecular complexity index is 1050. The molecule has 1 saturated carbocycles. The predicted octanol–water partition coefficient (Wildman–Crippen LogP) is 0.575. The van der Waals surface area contributed by atoms with E-state index in [4.69, 9.17) is 5.73 Å². The quantitative estimate of drug-likeness (QED) is 0.659. The van der Waals surface area contributed by atoms with Crippen molar-refractivity contribution < 1.29 is 14.4 Å². The minimum absolute atomic E-state index is 0.0516. The van der Waals surface area contributed by atoms with Crippen molar-refractivity contribution >= 4 is 17.7 Å². The zero-order chi connectivity index (χ0) is 24.3. The maximum Gasteiger partial charge on any atom is 0.253 e. The van der Waals surface area contributed by atoms with E-state index < -0.39 is 6.04 Å². The number of likely N-dealkylation sites (tertiary alicyclic amines) is 3. The SMILES string of the molecule is CC(c1ccc(C(=O)N(C)C)cc1)N1C(=O)C2C[C@H]1CN2CC(N)C(=O)N1C(C#N)CC2CC21. The second-order valence-corrected chi connectivity index (χ2v) is 10.4. The fourth-order valence-corrected chi connectivity index (χ4v) is 6.13. The van der Waals surface area contributed by atoms with Gasteiger partial charge in [0.1, 0.15) is 6.04 Å². The first-order valence-corrected chi connectivity index (χ1v) is 12.1. The molecule has 7 atom stereocenters. The third kappa shape index (κ3) is 3.65. The van der Waals surface area contributed by atoms with E-state index in [1.165, 1.54) is 0 Å². The summed E-state index contributed by atoms with van der Waals surface area (Å²) >= 11 is 0. The van der Waals surface area contributed by atoms with Gasteiger partial charge in [-0.15, -0.1) is 0 Å². The van der Waals surface area contributed by atoms with E-state index in [1.807, 2.05) is 28.9 Å². The fraction of sp³-hybridized carbons (Fsp3) is 0.600. The summed E-state index contributed by atoms with van der Waals surface area (Å²) < 4.78 is 0. The number of piperazine rings is 1. The number of nitrogens with zero attached hydrogens (tertiary/aromatic N) is 5. The minimum atomic E-state index is -0.727. The van der Waals surface area contributed by atoms with Gasteiger partial charge in [0, 0.05) is 44.8 Å². The van der Waals surface area contributed by atoms with Crippen LogP contribution in [-0.4, -0.2) is 94.7 Å². The molecule has 3 amide bonds. The highest BCUT2D eigenvalue weighted by atomic mass is 16.2. The number of amides is 3. The van der Waals surface area contributed by atoms with Gasteiger partial charge in [-0.25, -0.2) is 0 Å². The molecule has 0 radical (unpaired) electrons. The van der Waals surface area contributed by atoms with Gasteiger partial charge in [-0.3, -0.25) is 19.3 Å². The maximum absolute atomic E-state index is 13.3. The van der Waals surface area contributed by atoms with Crippen molar-refractivity contribution in [2.24, 2.45) is 11.7 Å². The molecule has 180 valence electrons. The number of nitrogens with two attached hydrogens (primary N) is 1. The van der Waals surface area contributed by atoms with Gasteiger partial charge in [0.05, 0.1) is 24.2 Å². The van der Waals surface area contributed by atoms with Crippen molar-refractivity contribution in [2.75, 3.05) is 27.2 Å². The highest BCUT2D eigenvalue weighted by Crippen LogP contribution is 2.48. The van der Waals surface area contributed by atoms with Crippen molar-refractivity contribution in [1.82, 2.24) is 19.6 Å². The standard InChI is InChI=1S/C25H32N6O3/c1-14(15-4-6-16(7-5-15)23(32)28(2)3)30-19-10-22(25(30)34)29(12-19)13-20(27)24(33)31-18(11-26)8-17-9-21(17)31/h4-7,14,17-22H,8-10,12-13,27H2,1-3H3/t14?,17?,18?,19-,20?,21?,22?/m0/s1. The fourth-order valence-electron chi connectivity index (χ4n) is 6.13. The summed E-state index contributed by atoms with van der Waals surface area (Å²) in [7, 11) is 3.44. The molecule has 0 aromatic heterocycles. The molecule has 6 unspecified atom stereocenters. The molecule has 2 N–H and O–H groups in total. The predicted molar refractivity (Wildman–Crippen MR) is 124 cm³/mol. The third-order valence-electron chi connectivity index (χ3n) is 8.03. The Morgan fingerprint density at radius 3 is 2.53 bits per heavy atom. The summed E-state index contributed by atoms with van der Waals surface area (Å²) in [4.78, 5) is 45.6. The van der Waals surface area contributed by atoms with Crippen LogP contribution >= 0.6 is 0 Å². The molecule has 4 fully saturated rings. The van der Waals surface area contributed by atoms with Gasteiger partial charge in [0.25, 0.3) is 5.91 Å². The second kappa shape index (κ2) is 8.36. The van der Waals surface area contributed by atoms with Gasteiger partial charge in [-0.05, 0) is 49.8 Å². The number of nitriles is 1. The number of carbonyl (C=O) groups excluding carboxylic acids is 3. The van der Waals surface area contributed by atoms with Crippen LogP contribution in [0.1, 0.15) is 48.1 Å². The van der Waals surface area contributed by atoms with Crippen LogP contribution in [0.3, 0.4) is 0 Å². The highest BCUT2D eigenvalue weighted by Gasteiger charge is 2.56. The monoisotopic (exact) mass is 464 g/mol. The summed E-state index contributed by atoms with van der Waals surface area (Å²) in [6.07, 6.45) is 2.46. The summed E-state index contributed by atoms with van der Waals surface area (Å²) in [5, 5.41) is 9.39. The van der Waals surface area contributed by atoms with Gasteiger partial charge in [0.2, 0.25) is 11.8 Å². The van der Waals surface area contributed by atoms with E-state index in [-0.39, 0.29) is 47.9 Å².